The summed E-state index contributed by atoms with van der Waals surface area (Å²) in [7, 11) is 0. The Hall–Kier alpha value is -1.85. The lowest BCUT2D eigenvalue weighted by molar-refractivity contribution is 0.0654. The number of hydrogen-bond acceptors (Lipinski definition) is 3. The molecular formula is C12H11F2N3O. The van der Waals surface area contributed by atoms with Crippen LogP contribution in [0.3, 0.4) is 0 Å². The molecule has 3 rings (SSSR count). The molecule has 2 aromatic heterocycles. The molecule has 0 amide bonds. The number of nitrogens with zero attached hydrogens (tertiary/aromatic N) is 3. The van der Waals surface area contributed by atoms with Crippen LogP contribution in [0, 0.1) is 6.92 Å². The van der Waals surface area contributed by atoms with E-state index in [4.69, 9.17) is 0 Å². The van der Waals surface area contributed by atoms with Gasteiger partial charge in [-0.1, -0.05) is 0 Å². The van der Waals surface area contributed by atoms with Gasteiger partial charge in [0.2, 0.25) is 0 Å². The van der Waals surface area contributed by atoms with Gasteiger partial charge in [-0.15, -0.1) is 0 Å². The van der Waals surface area contributed by atoms with Crippen molar-refractivity contribution in [2.24, 2.45) is 0 Å². The highest BCUT2D eigenvalue weighted by atomic mass is 19.3. The minimum absolute atomic E-state index is 0.336. The highest BCUT2D eigenvalue weighted by molar-refractivity contribution is 5.76. The summed E-state index contributed by atoms with van der Waals surface area (Å²) in [4.78, 5) is 20.0. The average Bonchev–Trinajstić information content (AvgIpc) is 3.09. The van der Waals surface area contributed by atoms with E-state index in [1.807, 2.05) is 0 Å². The second-order valence-corrected chi connectivity index (χ2v) is 4.64. The van der Waals surface area contributed by atoms with E-state index < -0.39 is 17.5 Å². The molecule has 4 nitrogen and oxygen atoms in total. The van der Waals surface area contributed by atoms with Gasteiger partial charge in [0, 0.05) is 23.8 Å². The predicted octanol–water partition coefficient (Wildman–Crippen LogP) is 1.85. The van der Waals surface area contributed by atoms with Gasteiger partial charge >= 0.3 is 0 Å². The number of aryl methyl sites for hydroxylation is 1. The number of pyridine rings is 1. The minimum Gasteiger partial charge on any atom is -0.303 e. The number of rotatable bonds is 2. The molecule has 0 aliphatic heterocycles. The summed E-state index contributed by atoms with van der Waals surface area (Å²) in [5, 5.41) is 0.604. The summed E-state index contributed by atoms with van der Waals surface area (Å²) >= 11 is 0. The number of hydrogen-bond donors (Lipinski definition) is 0. The predicted molar refractivity (Wildman–Crippen MR) is 61.7 cm³/mol. The fourth-order valence-electron chi connectivity index (χ4n) is 2.14. The smallest absolute Gasteiger partial charge is 0.261 e. The Morgan fingerprint density at radius 1 is 1.44 bits per heavy atom. The standard InChI is InChI=1S/C12H11F2N3O/c1-7-15-5-8-6-17(10(18)4-9(8)16-7)12(2-3-12)11(13)14/h4-6,11H,2-3H2,1H3. The molecule has 6 heteroatoms. The first-order valence-electron chi connectivity index (χ1n) is 5.68. The Bertz CT molecular complexity index is 677. The zero-order valence-electron chi connectivity index (χ0n) is 9.73. The molecule has 2 heterocycles. The molecule has 94 valence electrons. The second kappa shape index (κ2) is 3.57. The molecule has 18 heavy (non-hydrogen) atoms. The van der Waals surface area contributed by atoms with Crippen LogP contribution < -0.4 is 5.56 Å². The monoisotopic (exact) mass is 251 g/mol. The molecule has 1 aliphatic carbocycles. The number of halogens is 2. The highest BCUT2D eigenvalue weighted by Gasteiger charge is 2.53. The third-order valence-electron chi connectivity index (χ3n) is 3.38. The lowest BCUT2D eigenvalue weighted by Crippen LogP contribution is -2.34. The summed E-state index contributed by atoms with van der Waals surface area (Å²) in [5.41, 5.74) is -1.25. The van der Waals surface area contributed by atoms with Crippen molar-refractivity contribution >= 4 is 10.9 Å². The van der Waals surface area contributed by atoms with E-state index in [1.165, 1.54) is 12.3 Å². The maximum absolute atomic E-state index is 13.0. The van der Waals surface area contributed by atoms with E-state index in [0.29, 0.717) is 29.6 Å². The molecule has 1 fully saturated rings. The highest BCUT2D eigenvalue weighted by Crippen LogP contribution is 2.47. The zero-order chi connectivity index (χ0) is 12.9. The lowest BCUT2D eigenvalue weighted by atomic mass is 10.2. The Kier molecular flexibility index (Phi) is 2.23. The van der Waals surface area contributed by atoms with Gasteiger partial charge in [0.15, 0.2) is 0 Å². The van der Waals surface area contributed by atoms with Crippen LogP contribution in [-0.2, 0) is 5.54 Å². The Balaban J connectivity index is 2.23. The summed E-state index contributed by atoms with van der Waals surface area (Å²) in [6.45, 7) is 1.71. The van der Waals surface area contributed by atoms with Crippen molar-refractivity contribution in [1.29, 1.82) is 0 Å². The largest absolute Gasteiger partial charge is 0.303 e. The quantitative estimate of drug-likeness (QED) is 0.818. The molecule has 0 radical (unpaired) electrons. The maximum atomic E-state index is 13.0. The van der Waals surface area contributed by atoms with Crippen molar-refractivity contribution in [3.63, 3.8) is 0 Å². The van der Waals surface area contributed by atoms with Gasteiger partial charge in [0.25, 0.3) is 12.0 Å². The third-order valence-corrected chi connectivity index (χ3v) is 3.38. The van der Waals surface area contributed by atoms with Crippen LogP contribution in [0.1, 0.15) is 18.7 Å². The van der Waals surface area contributed by atoms with Gasteiger partial charge in [-0.3, -0.25) is 4.79 Å². The zero-order valence-corrected chi connectivity index (χ0v) is 9.73. The van der Waals surface area contributed by atoms with Crippen LogP contribution in [0.5, 0.6) is 0 Å². The topological polar surface area (TPSA) is 47.8 Å². The summed E-state index contributed by atoms with van der Waals surface area (Å²) in [6.07, 6.45) is 1.14. The molecule has 1 saturated carbocycles. The second-order valence-electron chi connectivity index (χ2n) is 4.64. The van der Waals surface area contributed by atoms with Crippen molar-refractivity contribution in [3.8, 4) is 0 Å². The van der Waals surface area contributed by atoms with E-state index in [2.05, 4.69) is 9.97 Å². The molecule has 0 spiro atoms. The summed E-state index contributed by atoms with van der Waals surface area (Å²) in [5.74, 6) is 0.551. The maximum Gasteiger partial charge on any atom is 0.261 e. The third kappa shape index (κ3) is 1.52. The van der Waals surface area contributed by atoms with Gasteiger partial charge in [0.1, 0.15) is 11.4 Å². The van der Waals surface area contributed by atoms with Crippen molar-refractivity contribution in [1.82, 2.24) is 14.5 Å². The summed E-state index contributed by atoms with van der Waals surface area (Å²) < 4.78 is 27.2. The normalized spacial score (nSPS) is 17.3. The van der Waals surface area contributed by atoms with E-state index in [1.54, 1.807) is 13.1 Å². The van der Waals surface area contributed by atoms with Crippen molar-refractivity contribution in [2.45, 2.75) is 31.7 Å². The Morgan fingerprint density at radius 3 is 2.78 bits per heavy atom. The van der Waals surface area contributed by atoms with Crippen LogP contribution in [0.15, 0.2) is 23.3 Å². The molecule has 0 unspecified atom stereocenters. The van der Waals surface area contributed by atoms with E-state index in [0.717, 1.165) is 4.57 Å². The van der Waals surface area contributed by atoms with E-state index in [-0.39, 0.29) is 0 Å². The van der Waals surface area contributed by atoms with Gasteiger partial charge < -0.3 is 4.57 Å². The van der Waals surface area contributed by atoms with Crippen molar-refractivity contribution in [3.05, 3.63) is 34.6 Å². The van der Waals surface area contributed by atoms with Crippen LogP contribution in [0.25, 0.3) is 10.9 Å². The first-order valence-corrected chi connectivity index (χ1v) is 5.68. The van der Waals surface area contributed by atoms with Gasteiger partial charge in [-0.25, -0.2) is 18.7 Å². The van der Waals surface area contributed by atoms with Gasteiger partial charge in [-0.2, -0.15) is 0 Å². The fourth-order valence-corrected chi connectivity index (χ4v) is 2.14. The van der Waals surface area contributed by atoms with Crippen molar-refractivity contribution in [2.75, 3.05) is 0 Å². The van der Waals surface area contributed by atoms with E-state index >= 15 is 0 Å². The molecular weight excluding hydrogens is 240 g/mol. The lowest BCUT2D eigenvalue weighted by Gasteiger charge is -2.17. The SMILES string of the molecule is Cc1ncc2cn(C3(C(F)F)CC3)c(=O)cc2n1. The molecule has 2 aromatic rings. The fraction of sp³-hybridized carbons (Fsp3) is 0.417. The molecule has 1 aliphatic rings. The minimum atomic E-state index is -2.53. The van der Waals surface area contributed by atoms with Gasteiger partial charge in [0.05, 0.1) is 5.52 Å². The number of alkyl halides is 2. The molecule has 0 bridgehead atoms. The van der Waals surface area contributed by atoms with Crippen LogP contribution in [0.4, 0.5) is 8.78 Å². The molecule has 0 atom stereocenters. The Labute approximate surface area is 101 Å². The first kappa shape index (κ1) is 11.3. The van der Waals surface area contributed by atoms with Gasteiger partial charge in [-0.05, 0) is 19.8 Å². The molecule has 0 aromatic carbocycles. The first-order chi connectivity index (χ1) is 8.53. The molecule has 0 saturated heterocycles. The van der Waals surface area contributed by atoms with Crippen LogP contribution in [0.2, 0.25) is 0 Å². The summed E-state index contributed by atoms with van der Waals surface area (Å²) in [6, 6.07) is 1.30. The van der Waals surface area contributed by atoms with Crippen LogP contribution >= 0.6 is 0 Å². The van der Waals surface area contributed by atoms with E-state index in [9.17, 15) is 13.6 Å². The Morgan fingerprint density at radius 2 is 2.17 bits per heavy atom. The number of fused-ring (bicyclic) bond motifs is 1. The molecule has 0 N–H and O–H groups in total. The van der Waals surface area contributed by atoms with Crippen molar-refractivity contribution < 1.29 is 8.78 Å². The number of aromatic nitrogens is 3. The van der Waals surface area contributed by atoms with Crippen LogP contribution in [-0.4, -0.2) is 21.0 Å². The average molecular weight is 251 g/mol.